The molecule has 0 aliphatic heterocycles. The van der Waals surface area contributed by atoms with Gasteiger partial charge in [0.25, 0.3) is 0 Å². The molecular formula is C49H95O10P. The summed E-state index contributed by atoms with van der Waals surface area (Å²) in [6.45, 7) is 2.25. The van der Waals surface area contributed by atoms with Crippen molar-refractivity contribution in [3.05, 3.63) is 12.2 Å². The summed E-state index contributed by atoms with van der Waals surface area (Å²) in [6.07, 6.45) is 46.2. The lowest BCUT2D eigenvalue weighted by Gasteiger charge is -2.20. The molecule has 10 nitrogen and oxygen atoms in total. The Labute approximate surface area is 368 Å². The Hall–Kier alpha value is -1.29. The molecule has 60 heavy (non-hydrogen) atoms. The van der Waals surface area contributed by atoms with Gasteiger partial charge >= 0.3 is 19.8 Å². The Morgan fingerprint density at radius 1 is 0.433 bits per heavy atom. The van der Waals surface area contributed by atoms with Crippen LogP contribution in [-0.2, 0) is 32.7 Å². The van der Waals surface area contributed by atoms with Crippen LogP contribution in [0.25, 0.3) is 0 Å². The third kappa shape index (κ3) is 43.4. The molecule has 0 spiro atoms. The molecule has 0 aromatic heterocycles. The van der Waals surface area contributed by atoms with E-state index in [0.717, 1.165) is 51.4 Å². The number of esters is 2. The Kier molecular flexibility index (Phi) is 44.7. The summed E-state index contributed by atoms with van der Waals surface area (Å²) in [4.78, 5) is 34.6. The molecule has 0 aromatic carbocycles. The maximum absolute atomic E-state index is 12.4. The van der Waals surface area contributed by atoms with E-state index in [9.17, 15) is 29.3 Å². The Morgan fingerprint density at radius 2 is 0.683 bits per heavy atom. The van der Waals surface area contributed by atoms with Gasteiger partial charge in [-0.15, -0.1) is 0 Å². The third-order valence-corrected chi connectivity index (χ3v) is 12.2. The number of aliphatic hydroxyl groups is 2. The Bertz CT molecular complexity index is 1010. The molecule has 0 radical (unpaired) electrons. The van der Waals surface area contributed by atoms with E-state index in [1.54, 1.807) is 0 Å². The number of hydrogen-bond acceptors (Lipinski definition) is 9. The maximum Gasteiger partial charge on any atom is 0.472 e. The zero-order chi connectivity index (χ0) is 44.0. The minimum atomic E-state index is -4.64. The maximum atomic E-state index is 12.4. The molecule has 11 heteroatoms. The molecule has 0 aromatic rings. The summed E-state index contributed by atoms with van der Waals surface area (Å²) in [6, 6.07) is 0. The van der Waals surface area contributed by atoms with Gasteiger partial charge in [0.15, 0.2) is 0 Å². The fraction of sp³-hybridized carbons (Fsp3) is 0.918. The molecule has 0 saturated carbocycles. The van der Waals surface area contributed by atoms with Gasteiger partial charge in [0.2, 0.25) is 0 Å². The van der Waals surface area contributed by atoms with E-state index in [0.29, 0.717) is 12.8 Å². The number of unbranched alkanes of at least 4 members (excludes halogenated alkanes) is 32. The van der Waals surface area contributed by atoms with Crippen molar-refractivity contribution in [2.45, 2.75) is 264 Å². The molecule has 356 valence electrons. The van der Waals surface area contributed by atoms with E-state index >= 15 is 0 Å². The van der Waals surface area contributed by atoms with Gasteiger partial charge in [-0.25, -0.2) is 4.57 Å². The molecule has 3 unspecified atom stereocenters. The third-order valence-electron chi connectivity index (χ3n) is 11.2. The summed E-state index contributed by atoms with van der Waals surface area (Å²) in [5.74, 6) is -1.01. The molecule has 0 aliphatic carbocycles. The minimum absolute atomic E-state index is 0.186. The first-order chi connectivity index (χ1) is 29.3. The number of aliphatic hydroxyl groups excluding tert-OH is 2. The molecule has 0 saturated heterocycles. The van der Waals surface area contributed by atoms with Crippen molar-refractivity contribution in [2.75, 3.05) is 26.4 Å². The second kappa shape index (κ2) is 45.7. The van der Waals surface area contributed by atoms with Crippen molar-refractivity contribution in [1.82, 2.24) is 0 Å². The average molecular weight is 875 g/mol. The van der Waals surface area contributed by atoms with Gasteiger partial charge in [-0.2, -0.15) is 0 Å². The van der Waals surface area contributed by atoms with Gasteiger partial charge in [0.05, 0.1) is 26.4 Å². The summed E-state index contributed by atoms with van der Waals surface area (Å²) in [7, 11) is -4.64. The van der Waals surface area contributed by atoms with Gasteiger partial charge in [0, 0.05) is 12.8 Å². The topological polar surface area (TPSA) is 149 Å². The van der Waals surface area contributed by atoms with Crippen molar-refractivity contribution >= 4 is 19.8 Å². The highest BCUT2D eigenvalue weighted by molar-refractivity contribution is 7.47. The van der Waals surface area contributed by atoms with E-state index in [4.69, 9.17) is 18.5 Å². The van der Waals surface area contributed by atoms with Crippen LogP contribution in [0.5, 0.6) is 0 Å². The lowest BCUT2D eigenvalue weighted by molar-refractivity contribution is -0.153. The first-order valence-corrected chi connectivity index (χ1v) is 26.6. The van der Waals surface area contributed by atoms with Crippen LogP contribution >= 0.6 is 7.82 Å². The number of hydrogen-bond donors (Lipinski definition) is 3. The molecule has 0 fully saturated rings. The predicted octanol–water partition coefficient (Wildman–Crippen LogP) is 14.0. The molecule has 0 heterocycles. The lowest BCUT2D eigenvalue weighted by atomic mass is 10.0. The van der Waals surface area contributed by atoms with Crippen LogP contribution in [-0.4, -0.2) is 65.7 Å². The van der Waals surface area contributed by atoms with Crippen LogP contribution in [0, 0.1) is 0 Å². The summed E-state index contributed by atoms with van der Waals surface area (Å²) in [5, 5.41) is 19.2. The van der Waals surface area contributed by atoms with E-state index in [1.165, 1.54) is 161 Å². The van der Waals surface area contributed by atoms with E-state index in [-0.39, 0.29) is 12.8 Å². The normalized spacial score (nSPS) is 13.8. The smallest absolute Gasteiger partial charge is 0.457 e. The van der Waals surface area contributed by atoms with Crippen molar-refractivity contribution in [2.24, 2.45) is 0 Å². The van der Waals surface area contributed by atoms with Crippen LogP contribution in [0.1, 0.15) is 251 Å². The van der Waals surface area contributed by atoms with Crippen LogP contribution in [0.2, 0.25) is 0 Å². The summed E-state index contributed by atoms with van der Waals surface area (Å²) < 4.78 is 32.7. The monoisotopic (exact) mass is 875 g/mol. The van der Waals surface area contributed by atoms with Crippen LogP contribution < -0.4 is 0 Å². The SMILES string of the molecule is CCCCCCCCC/C=C\CCCCCCCC(=O)OC(CO)COP(=O)(O)OCC(CO)OC(=O)CCCCCCCCCCCCCCCCCCCCCCC. The number of phosphoric acid groups is 1. The highest BCUT2D eigenvalue weighted by Crippen LogP contribution is 2.43. The molecule has 3 N–H and O–H groups in total. The first-order valence-electron chi connectivity index (χ1n) is 25.1. The Morgan fingerprint density at radius 3 is 0.950 bits per heavy atom. The lowest BCUT2D eigenvalue weighted by Crippen LogP contribution is -2.28. The number of ether oxygens (including phenoxy) is 2. The van der Waals surface area contributed by atoms with E-state index < -0.39 is 58.4 Å². The largest absolute Gasteiger partial charge is 0.472 e. The van der Waals surface area contributed by atoms with Crippen LogP contribution in [0.15, 0.2) is 12.2 Å². The van der Waals surface area contributed by atoms with E-state index in [1.807, 2.05) is 0 Å². The highest BCUT2D eigenvalue weighted by atomic mass is 31.2. The standard InChI is InChI=1S/C49H95O10P/c1-3-5-7-9-11-13-15-17-19-21-22-23-24-25-27-29-31-33-35-37-39-41-49(53)59-47(43-51)45-57-60(54,55)56-44-46(42-50)58-48(52)40-38-36-34-32-30-28-26-20-18-16-14-12-10-8-6-4-2/h20,26,46-47,50-51H,3-19,21-25,27-45H2,1-2H3,(H,54,55)/b26-20-. The fourth-order valence-corrected chi connectivity index (χ4v) is 8.13. The number of phosphoric ester groups is 1. The Balaban J connectivity index is 3.81. The molecular weight excluding hydrogens is 780 g/mol. The van der Waals surface area contributed by atoms with Crippen molar-refractivity contribution < 1.29 is 47.8 Å². The zero-order valence-electron chi connectivity index (χ0n) is 38.9. The second-order valence-electron chi connectivity index (χ2n) is 17.2. The van der Waals surface area contributed by atoms with Crippen molar-refractivity contribution in [3.63, 3.8) is 0 Å². The number of carbonyl (C=O) groups is 2. The van der Waals surface area contributed by atoms with Crippen LogP contribution in [0.4, 0.5) is 0 Å². The quantitative estimate of drug-likeness (QED) is 0.0233. The summed E-state index contributed by atoms with van der Waals surface area (Å²) >= 11 is 0. The molecule has 0 bridgehead atoms. The fourth-order valence-electron chi connectivity index (χ4n) is 7.35. The molecule has 0 amide bonds. The van der Waals surface area contributed by atoms with Gasteiger partial charge in [0.1, 0.15) is 12.2 Å². The molecule has 0 aliphatic rings. The first kappa shape index (κ1) is 58.7. The number of allylic oxidation sites excluding steroid dienone is 2. The average Bonchev–Trinajstić information content (AvgIpc) is 3.24. The van der Waals surface area contributed by atoms with Gasteiger partial charge < -0.3 is 24.6 Å². The van der Waals surface area contributed by atoms with Crippen molar-refractivity contribution in [1.29, 1.82) is 0 Å². The summed E-state index contributed by atoms with van der Waals surface area (Å²) in [5.41, 5.74) is 0. The van der Waals surface area contributed by atoms with Gasteiger partial charge in [-0.3, -0.25) is 18.6 Å². The number of carbonyl (C=O) groups excluding carboxylic acids is 2. The number of rotatable bonds is 48. The van der Waals surface area contributed by atoms with Crippen LogP contribution in [0.3, 0.4) is 0 Å². The minimum Gasteiger partial charge on any atom is -0.457 e. The molecule has 3 atom stereocenters. The predicted molar refractivity (Wildman–Crippen MR) is 247 cm³/mol. The van der Waals surface area contributed by atoms with Gasteiger partial charge in [-0.05, 0) is 38.5 Å². The molecule has 0 rings (SSSR count). The highest BCUT2D eigenvalue weighted by Gasteiger charge is 2.27. The van der Waals surface area contributed by atoms with Gasteiger partial charge in [-0.1, -0.05) is 212 Å². The zero-order valence-corrected chi connectivity index (χ0v) is 39.8. The van der Waals surface area contributed by atoms with E-state index in [2.05, 4.69) is 26.0 Å². The second-order valence-corrected chi connectivity index (χ2v) is 18.6. The van der Waals surface area contributed by atoms with Crippen molar-refractivity contribution in [3.8, 4) is 0 Å².